The number of rotatable bonds is 6. The van der Waals surface area contributed by atoms with Crippen LogP contribution in [0.3, 0.4) is 0 Å². The molecule has 1 rings (SSSR count). The van der Waals surface area contributed by atoms with E-state index in [2.05, 4.69) is 65.3 Å². The van der Waals surface area contributed by atoms with E-state index < -0.39 is 0 Å². The van der Waals surface area contributed by atoms with Gasteiger partial charge in [-0.2, -0.15) is 0 Å². The third-order valence-corrected chi connectivity index (χ3v) is 3.25. The SMILES string of the molecule is C#CC(CCC)NC(C)Cc1ccc(Br)cc1. The number of halogens is 1. The van der Waals surface area contributed by atoms with Crippen LogP contribution in [0.2, 0.25) is 0 Å². The van der Waals surface area contributed by atoms with Gasteiger partial charge in [-0.15, -0.1) is 6.42 Å². The van der Waals surface area contributed by atoms with E-state index in [-0.39, 0.29) is 6.04 Å². The monoisotopic (exact) mass is 293 g/mol. The summed E-state index contributed by atoms with van der Waals surface area (Å²) in [5.74, 6) is 2.81. The number of hydrogen-bond acceptors (Lipinski definition) is 1. The molecule has 0 bridgehead atoms. The lowest BCUT2D eigenvalue weighted by Gasteiger charge is -2.19. The van der Waals surface area contributed by atoms with Crippen LogP contribution in [0.25, 0.3) is 0 Å². The van der Waals surface area contributed by atoms with Gasteiger partial charge in [-0.1, -0.05) is 47.3 Å². The van der Waals surface area contributed by atoms with Crippen LogP contribution in [0.4, 0.5) is 0 Å². The number of nitrogens with one attached hydrogen (secondary N) is 1. The summed E-state index contributed by atoms with van der Waals surface area (Å²) in [4.78, 5) is 0. The molecule has 1 nitrogen and oxygen atoms in total. The lowest BCUT2D eigenvalue weighted by Crippen LogP contribution is -2.36. The molecule has 2 atom stereocenters. The highest BCUT2D eigenvalue weighted by molar-refractivity contribution is 9.10. The molecule has 0 saturated carbocycles. The van der Waals surface area contributed by atoms with E-state index in [9.17, 15) is 0 Å². The van der Waals surface area contributed by atoms with Crippen molar-refractivity contribution in [1.82, 2.24) is 5.32 Å². The van der Waals surface area contributed by atoms with Crippen LogP contribution < -0.4 is 5.32 Å². The normalized spacial score (nSPS) is 14.0. The molecular formula is C15H20BrN. The molecule has 2 unspecified atom stereocenters. The summed E-state index contributed by atoms with van der Waals surface area (Å²) in [6.07, 6.45) is 8.67. The Morgan fingerprint density at radius 2 is 2.00 bits per heavy atom. The molecule has 0 heterocycles. The molecule has 0 aromatic heterocycles. The van der Waals surface area contributed by atoms with Gasteiger partial charge in [0.25, 0.3) is 0 Å². The van der Waals surface area contributed by atoms with Gasteiger partial charge in [0.2, 0.25) is 0 Å². The second-order valence-electron chi connectivity index (χ2n) is 4.41. The number of benzene rings is 1. The van der Waals surface area contributed by atoms with Crippen molar-refractivity contribution in [2.45, 2.75) is 45.2 Å². The maximum absolute atomic E-state index is 5.50. The fraction of sp³-hybridized carbons (Fsp3) is 0.467. The second-order valence-corrected chi connectivity index (χ2v) is 5.32. The van der Waals surface area contributed by atoms with Gasteiger partial charge in [-0.3, -0.25) is 0 Å². The number of hydrogen-bond donors (Lipinski definition) is 1. The van der Waals surface area contributed by atoms with Crippen LogP contribution in [0, 0.1) is 12.3 Å². The third kappa shape index (κ3) is 5.39. The molecule has 0 aliphatic heterocycles. The molecule has 0 fully saturated rings. The summed E-state index contributed by atoms with van der Waals surface area (Å²) in [5, 5.41) is 3.48. The van der Waals surface area contributed by atoms with Crippen molar-refractivity contribution in [1.29, 1.82) is 0 Å². The molecule has 0 spiro atoms. The zero-order valence-electron chi connectivity index (χ0n) is 10.5. The Labute approximate surface area is 113 Å². The summed E-state index contributed by atoms with van der Waals surface area (Å²) in [6.45, 7) is 4.34. The molecule has 0 amide bonds. The maximum atomic E-state index is 5.50. The topological polar surface area (TPSA) is 12.0 Å². The Bertz CT molecular complexity index is 364. The Morgan fingerprint density at radius 3 is 2.53 bits per heavy atom. The lowest BCUT2D eigenvalue weighted by molar-refractivity contribution is 0.479. The first-order valence-corrected chi connectivity index (χ1v) is 6.91. The Morgan fingerprint density at radius 1 is 1.35 bits per heavy atom. The van der Waals surface area contributed by atoms with Crippen molar-refractivity contribution in [2.24, 2.45) is 0 Å². The van der Waals surface area contributed by atoms with Gasteiger partial charge in [0.05, 0.1) is 6.04 Å². The molecule has 0 saturated heterocycles. The Balaban J connectivity index is 2.46. The van der Waals surface area contributed by atoms with Gasteiger partial charge < -0.3 is 5.32 Å². The molecule has 1 N–H and O–H groups in total. The van der Waals surface area contributed by atoms with Crippen LogP contribution in [-0.2, 0) is 6.42 Å². The summed E-state index contributed by atoms with van der Waals surface area (Å²) < 4.78 is 1.12. The quantitative estimate of drug-likeness (QED) is 0.788. The van der Waals surface area contributed by atoms with Gasteiger partial charge in [-0.05, 0) is 37.5 Å². The van der Waals surface area contributed by atoms with Gasteiger partial charge >= 0.3 is 0 Å². The van der Waals surface area contributed by atoms with E-state index >= 15 is 0 Å². The molecule has 2 heteroatoms. The van der Waals surface area contributed by atoms with E-state index in [4.69, 9.17) is 6.42 Å². The first-order chi connectivity index (χ1) is 8.15. The maximum Gasteiger partial charge on any atom is 0.0688 e. The molecule has 17 heavy (non-hydrogen) atoms. The highest BCUT2D eigenvalue weighted by atomic mass is 79.9. The van der Waals surface area contributed by atoms with Crippen LogP contribution >= 0.6 is 15.9 Å². The highest BCUT2D eigenvalue weighted by Gasteiger charge is 2.09. The smallest absolute Gasteiger partial charge is 0.0688 e. The van der Waals surface area contributed by atoms with Gasteiger partial charge in [0, 0.05) is 10.5 Å². The zero-order valence-corrected chi connectivity index (χ0v) is 12.1. The first kappa shape index (κ1) is 14.3. The standard InChI is InChI=1S/C15H20BrN/c1-4-6-15(5-2)17-12(3)11-13-7-9-14(16)10-8-13/h2,7-10,12,15,17H,4,6,11H2,1,3H3. The predicted molar refractivity (Wildman–Crippen MR) is 78.0 cm³/mol. The minimum Gasteiger partial charge on any atom is -0.301 e. The molecule has 0 aliphatic rings. The zero-order chi connectivity index (χ0) is 12.7. The van der Waals surface area contributed by atoms with Crippen LogP contribution in [-0.4, -0.2) is 12.1 Å². The van der Waals surface area contributed by atoms with Crippen molar-refractivity contribution in [3.63, 3.8) is 0 Å². The number of terminal acetylenes is 1. The molecule has 1 aromatic rings. The van der Waals surface area contributed by atoms with Gasteiger partial charge in [0.1, 0.15) is 0 Å². The van der Waals surface area contributed by atoms with Crippen molar-refractivity contribution in [2.75, 3.05) is 0 Å². The van der Waals surface area contributed by atoms with Crippen LogP contribution in [0.1, 0.15) is 32.3 Å². The van der Waals surface area contributed by atoms with Crippen molar-refractivity contribution >= 4 is 15.9 Å². The van der Waals surface area contributed by atoms with Gasteiger partial charge in [0.15, 0.2) is 0 Å². The Kier molecular flexibility index (Phi) is 6.32. The summed E-state index contributed by atoms with van der Waals surface area (Å²) in [7, 11) is 0. The first-order valence-electron chi connectivity index (χ1n) is 6.12. The largest absolute Gasteiger partial charge is 0.301 e. The molecule has 0 radical (unpaired) electrons. The fourth-order valence-corrected chi connectivity index (χ4v) is 2.14. The molecule has 1 aromatic carbocycles. The average molecular weight is 294 g/mol. The third-order valence-electron chi connectivity index (χ3n) is 2.72. The molecule has 92 valence electrons. The second kappa shape index (κ2) is 7.53. The van der Waals surface area contributed by atoms with Crippen molar-refractivity contribution in [3.8, 4) is 12.3 Å². The molecule has 0 aliphatic carbocycles. The van der Waals surface area contributed by atoms with Crippen molar-refractivity contribution in [3.05, 3.63) is 34.3 Å². The van der Waals surface area contributed by atoms with Gasteiger partial charge in [-0.25, -0.2) is 0 Å². The fourth-order valence-electron chi connectivity index (χ4n) is 1.88. The van der Waals surface area contributed by atoms with E-state index in [1.807, 2.05) is 0 Å². The summed E-state index contributed by atoms with van der Waals surface area (Å²) in [6, 6.07) is 9.05. The highest BCUT2D eigenvalue weighted by Crippen LogP contribution is 2.12. The lowest BCUT2D eigenvalue weighted by atomic mass is 10.1. The van der Waals surface area contributed by atoms with Crippen LogP contribution in [0.5, 0.6) is 0 Å². The summed E-state index contributed by atoms with van der Waals surface area (Å²) >= 11 is 3.44. The van der Waals surface area contributed by atoms with E-state index in [1.165, 1.54) is 5.56 Å². The van der Waals surface area contributed by atoms with Crippen LogP contribution in [0.15, 0.2) is 28.7 Å². The predicted octanol–water partition coefficient (Wildman–Crippen LogP) is 3.77. The Hall–Kier alpha value is -0.780. The van der Waals surface area contributed by atoms with E-state index in [0.29, 0.717) is 6.04 Å². The minimum absolute atomic E-state index is 0.199. The van der Waals surface area contributed by atoms with Crippen molar-refractivity contribution < 1.29 is 0 Å². The minimum atomic E-state index is 0.199. The van der Waals surface area contributed by atoms with E-state index in [0.717, 1.165) is 23.7 Å². The summed E-state index contributed by atoms with van der Waals surface area (Å²) in [5.41, 5.74) is 1.33. The average Bonchev–Trinajstić information content (AvgIpc) is 2.31. The molecular weight excluding hydrogens is 274 g/mol. The van der Waals surface area contributed by atoms with E-state index in [1.54, 1.807) is 0 Å².